The quantitative estimate of drug-likeness (QED) is 0.535. The van der Waals surface area contributed by atoms with E-state index in [0.29, 0.717) is 13.0 Å². The number of fused-ring (bicyclic) bond motifs is 3. The average Bonchev–Trinajstić information content (AvgIpc) is 3.19. The van der Waals surface area contributed by atoms with Crippen LogP contribution >= 0.6 is 0 Å². The number of nitrogens with one attached hydrogen (secondary N) is 2. The average molecular weight is 435 g/mol. The minimum Gasteiger partial charge on any atom is -0.368 e. The molecule has 1 aliphatic heterocycles. The van der Waals surface area contributed by atoms with Crippen LogP contribution in [0.1, 0.15) is 43.5 Å². The molecule has 0 saturated heterocycles. The molecule has 1 atom stereocenters. The fraction of sp³-hybridized carbons (Fsp3) is 0.423. The second kappa shape index (κ2) is 8.64. The van der Waals surface area contributed by atoms with E-state index < -0.39 is 13.7 Å². The van der Waals surface area contributed by atoms with Crippen molar-refractivity contribution >= 4 is 30.1 Å². The van der Waals surface area contributed by atoms with Crippen LogP contribution in [0.4, 0.5) is 0 Å². The molecule has 5 heteroatoms. The third-order valence-electron chi connectivity index (χ3n) is 6.89. The first kappa shape index (κ1) is 21.8. The molecule has 2 aromatic carbocycles. The summed E-state index contributed by atoms with van der Waals surface area (Å²) in [5.41, 5.74) is 4.37. The largest absolute Gasteiger partial charge is 0.368 e. The monoisotopic (exact) mass is 434 g/mol. The molecule has 0 bridgehead atoms. The maximum atomic E-state index is 13.1. The maximum Gasteiger partial charge on any atom is 0.223 e. The van der Waals surface area contributed by atoms with Crippen LogP contribution in [-0.2, 0) is 28.0 Å². The smallest absolute Gasteiger partial charge is 0.223 e. The van der Waals surface area contributed by atoms with Gasteiger partial charge in [-0.3, -0.25) is 4.79 Å². The molecule has 2 N–H and O–H groups in total. The number of benzene rings is 2. The topological polar surface area (TPSA) is 54.1 Å². The van der Waals surface area contributed by atoms with E-state index >= 15 is 0 Å². The maximum absolute atomic E-state index is 13.1. The first-order chi connectivity index (χ1) is 14.9. The van der Waals surface area contributed by atoms with Gasteiger partial charge in [0.2, 0.25) is 5.91 Å². The number of rotatable bonds is 7. The molecule has 3 aromatic rings. The van der Waals surface area contributed by atoms with Gasteiger partial charge >= 0.3 is 0 Å². The van der Waals surface area contributed by atoms with Crippen molar-refractivity contribution in [1.82, 2.24) is 10.3 Å². The van der Waals surface area contributed by atoms with Crippen molar-refractivity contribution in [2.75, 3.05) is 12.8 Å². The van der Waals surface area contributed by atoms with Crippen LogP contribution < -0.4 is 10.5 Å². The van der Waals surface area contributed by atoms with Crippen LogP contribution in [0.3, 0.4) is 0 Å². The minimum absolute atomic E-state index is 0.0700. The second-order valence-electron chi connectivity index (χ2n) is 9.32. The highest BCUT2D eigenvalue weighted by molar-refractivity contribution is 6.90. The van der Waals surface area contributed by atoms with Gasteiger partial charge in [0, 0.05) is 17.1 Å². The van der Waals surface area contributed by atoms with Gasteiger partial charge in [-0.1, -0.05) is 80.7 Å². The van der Waals surface area contributed by atoms with Gasteiger partial charge in [-0.05, 0) is 30.4 Å². The fourth-order valence-electron chi connectivity index (χ4n) is 4.87. The van der Waals surface area contributed by atoms with Gasteiger partial charge in [-0.25, -0.2) is 0 Å². The molecule has 4 rings (SSSR count). The Kier molecular flexibility index (Phi) is 6.08. The third-order valence-corrected chi connectivity index (χ3v) is 9.85. The van der Waals surface area contributed by atoms with E-state index in [4.69, 9.17) is 4.74 Å². The lowest BCUT2D eigenvalue weighted by Gasteiger charge is -2.36. The molecule has 1 aliphatic rings. The molecule has 1 amide bonds. The van der Waals surface area contributed by atoms with E-state index in [1.165, 1.54) is 27.2 Å². The number of hydrogen-bond donors (Lipinski definition) is 2. The number of aryl methyl sites for hydroxylation is 1. The third kappa shape index (κ3) is 4.09. The first-order valence-corrected chi connectivity index (χ1v) is 14.7. The van der Waals surface area contributed by atoms with E-state index in [1.54, 1.807) is 0 Å². The van der Waals surface area contributed by atoms with E-state index in [-0.39, 0.29) is 5.91 Å². The Morgan fingerprint density at radius 2 is 1.90 bits per heavy atom. The molecule has 1 aromatic heterocycles. The number of aromatic amines is 1. The Balaban J connectivity index is 1.57. The second-order valence-corrected chi connectivity index (χ2v) is 14.0. The molecule has 0 radical (unpaired) electrons. The highest BCUT2D eigenvalue weighted by atomic mass is 28.3. The van der Waals surface area contributed by atoms with Crippen molar-refractivity contribution < 1.29 is 9.53 Å². The van der Waals surface area contributed by atoms with Crippen molar-refractivity contribution in [2.24, 2.45) is 0 Å². The van der Waals surface area contributed by atoms with Crippen LogP contribution in [0.15, 0.2) is 48.5 Å². The number of H-pyrrole nitrogens is 1. The minimum atomic E-state index is -1.73. The Morgan fingerprint density at radius 3 is 2.61 bits per heavy atom. The molecule has 1 unspecified atom stereocenters. The highest BCUT2D eigenvalue weighted by Gasteiger charge is 2.41. The lowest BCUT2D eigenvalue weighted by Crippen LogP contribution is -2.52. The van der Waals surface area contributed by atoms with Crippen molar-refractivity contribution in [2.45, 2.75) is 58.2 Å². The summed E-state index contributed by atoms with van der Waals surface area (Å²) in [6.07, 6.45) is 3.72. The van der Waals surface area contributed by atoms with E-state index in [1.807, 2.05) is 6.07 Å². The van der Waals surface area contributed by atoms with Crippen molar-refractivity contribution in [3.8, 4) is 0 Å². The molecule has 0 saturated carbocycles. The number of amides is 1. The number of carbonyl (C=O) groups excluding carboxylic acids is 1. The summed E-state index contributed by atoms with van der Waals surface area (Å²) in [4.78, 5) is 16.8. The lowest BCUT2D eigenvalue weighted by molar-refractivity contribution is -0.132. The van der Waals surface area contributed by atoms with Gasteiger partial charge in [0.1, 0.15) is 13.7 Å². The standard InChI is InChI=1S/C26H34N2O2Si/c1-5-19-11-10-14-21-22-15-16-30-26(6-2,25(22)28-24(19)21)17-23(29)27-18-31(3,4)20-12-8-7-9-13-20/h7-14,28H,5-6,15-18H2,1-4H3,(H,27,29). The highest BCUT2D eigenvalue weighted by Crippen LogP contribution is 2.42. The lowest BCUT2D eigenvalue weighted by atomic mass is 9.86. The van der Waals surface area contributed by atoms with Crippen LogP contribution in [0, 0.1) is 0 Å². The van der Waals surface area contributed by atoms with Crippen molar-refractivity contribution in [3.05, 3.63) is 65.4 Å². The Labute approximate surface area is 186 Å². The summed E-state index contributed by atoms with van der Waals surface area (Å²) in [7, 11) is -1.73. The van der Waals surface area contributed by atoms with E-state index in [2.05, 4.69) is 79.7 Å². The Morgan fingerprint density at radius 1 is 1.13 bits per heavy atom. The summed E-state index contributed by atoms with van der Waals surface area (Å²) in [6, 6.07) is 17.1. The molecule has 2 heterocycles. The predicted molar refractivity (Wildman–Crippen MR) is 130 cm³/mol. The zero-order valence-electron chi connectivity index (χ0n) is 19.2. The fourth-order valence-corrected chi connectivity index (χ4v) is 6.81. The van der Waals surface area contributed by atoms with E-state index in [0.717, 1.165) is 31.1 Å². The number of carbonyl (C=O) groups is 1. The van der Waals surface area contributed by atoms with Gasteiger partial charge in [-0.2, -0.15) is 0 Å². The van der Waals surface area contributed by atoms with Crippen molar-refractivity contribution in [3.63, 3.8) is 0 Å². The van der Waals surface area contributed by atoms with Crippen LogP contribution in [0.25, 0.3) is 10.9 Å². The Hall–Kier alpha value is -2.37. The first-order valence-electron chi connectivity index (χ1n) is 11.5. The molecular formula is C26H34N2O2Si. The number of hydrogen-bond acceptors (Lipinski definition) is 2. The van der Waals surface area contributed by atoms with Gasteiger partial charge in [0.15, 0.2) is 0 Å². The SMILES string of the molecule is CCc1cccc2c3c([nH]c12)C(CC)(CC(=O)NC[Si](C)(C)c1ccccc1)OCC3. The predicted octanol–water partition coefficient (Wildman–Crippen LogP) is 4.57. The zero-order chi connectivity index (χ0) is 22.1. The molecule has 0 fully saturated rings. The van der Waals surface area contributed by atoms with Gasteiger partial charge < -0.3 is 15.0 Å². The molecule has 164 valence electrons. The van der Waals surface area contributed by atoms with Crippen LogP contribution in [0.5, 0.6) is 0 Å². The van der Waals surface area contributed by atoms with Crippen molar-refractivity contribution in [1.29, 1.82) is 0 Å². The summed E-state index contributed by atoms with van der Waals surface area (Å²) in [6.45, 7) is 9.57. The van der Waals surface area contributed by atoms with Crippen LogP contribution in [-0.4, -0.2) is 31.7 Å². The number of para-hydroxylation sites is 1. The van der Waals surface area contributed by atoms with E-state index in [9.17, 15) is 4.79 Å². The summed E-state index contributed by atoms with van der Waals surface area (Å²) in [5.74, 6) is 0.0700. The molecule has 4 nitrogen and oxygen atoms in total. The van der Waals surface area contributed by atoms with Gasteiger partial charge in [0.25, 0.3) is 0 Å². The summed E-state index contributed by atoms with van der Waals surface area (Å²) in [5, 5.41) is 5.89. The molecular weight excluding hydrogens is 400 g/mol. The zero-order valence-corrected chi connectivity index (χ0v) is 20.2. The Bertz CT molecular complexity index is 1070. The molecule has 0 aliphatic carbocycles. The van der Waals surface area contributed by atoms with Crippen LogP contribution in [0.2, 0.25) is 13.1 Å². The molecule has 0 spiro atoms. The summed E-state index contributed by atoms with van der Waals surface area (Å²) < 4.78 is 6.35. The number of aromatic nitrogens is 1. The molecule has 31 heavy (non-hydrogen) atoms. The normalized spacial score (nSPS) is 18.7. The van der Waals surface area contributed by atoms with Gasteiger partial charge in [-0.15, -0.1) is 0 Å². The number of ether oxygens (including phenoxy) is 1. The summed E-state index contributed by atoms with van der Waals surface area (Å²) >= 11 is 0. The van der Waals surface area contributed by atoms with Gasteiger partial charge in [0.05, 0.1) is 18.7 Å².